The van der Waals surface area contributed by atoms with Crippen LogP contribution in [0.2, 0.25) is 0 Å². The van der Waals surface area contributed by atoms with Gasteiger partial charge >= 0.3 is 0 Å². The van der Waals surface area contributed by atoms with E-state index in [0.29, 0.717) is 17.8 Å². The van der Waals surface area contributed by atoms with E-state index < -0.39 is 0 Å². The highest BCUT2D eigenvalue weighted by Gasteiger charge is 2.11. The lowest BCUT2D eigenvalue weighted by Gasteiger charge is -2.18. The maximum atomic E-state index is 4.39. The van der Waals surface area contributed by atoms with Crippen molar-refractivity contribution in [2.75, 3.05) is 24.2 Å². The molecule has 0 fully saturated rings. The molecule has 7 heteroatoms. The van der Waals surface area contributed by atoms with Gasteiger partial charge in [0.2, 0.25) is 17.8 Å². The van der Waals surface area contributed by atoms with Gasteiger partial charge in [0.15, 0.2) is 0 Å². The van der Waals surface area contributed by atoms with Crippen LogP contribution in [0.4, 0.5) is 11.9 Å². The number of aromatic nitrogens is 5. The number of nitrogens with zero attached hydrogens (tertiary/aromatic N) is 5. The summed E-state index contributed by atoms with van der Waals surface area (Å²) in [4.78, 5) is 17.0. The van der Waals surface area contributed by atoms with Crippen molar-refractivity contribution >= 4 is 11.9 Å². The average molecular weight is 275 g/mol. The third-order valence-electron chi connectivity index (χ3n) is 2.74. The minimum absolute atomic E-state index is 0.277. The van der Waals surface area contributed by atoms with Crippen LogP contribution in [0.25, 0.3) is 5.95 Å². The Morgan fingerprint density at radius 1 is 1.15 bits per heavy atom. The lowest BCUT2D eigenvalue weighted by molar-refractivity contribution is 0.389. The topological polar surface area (TPSA) is 80.5 Å². The molecule has 2 N–H and O–H groups in total. The van der Waals surface area contributed by atoms with E-state index in [1.54, 1.807) is 30.3 Å². The maximum absolute atomic E-state index is 4.39. The normalized spacial score (nSPS) is 11.4. The van der Waals surface area contributed by atoms with E-state index in [1.807, 2.05) is 0 Å². The summed E-state index contributed by atoms with van der Waals surface area (Å²) < 4.78 is 1.75. The second kappa shape index (κ2) is 5.85. The zero-order chi connectivity index (χ0) is 14.6. The second-order valence-electron chi connectivity index (χ2n) is 5.74. The molecule has 7 nitrogen and oxygen atoms in total. The summed E-state index contributed by atoms with van der Waals surface area (Å²) in [5, 5.41) is 6.18. The van der Waals surface area contributed by atoms with Crippen LogP contribution >= 0.6 is 0 Å². The van der Waals surface area contributed by atoms with E-state index in [0.717, 1.165) is 13.0 Å². The monoisotopic (exact) mass is 275 g/mol. The van der Waals surface area contributed by atoms with Crippen molar-refractivity contribution in [1.82, 2.24) is 24.5 Å². The molecule has 0 saturated carbocycles. The lowest BCUT2D eigenvalue weighted by Crippen LogP contribution is -2.16. The third-order valence-corrected chi connectivity index (χ3v) is 2.74. The van der Waals surface area contributed by atoms with Gasteiger partial charge in [-0.25, -0.2) is 4.98 Å². The molecule has 2 aromatic rings. The molecule has 2 rings (SSSR count). The molecule has 0 radical (unpaired) electrons. The molecule has 2 heterocycles. The van der Waals surface area contributed by atoms with Gasteiger partial charge in [0.1, 0.15) is 6.33 Å². The molecule has 0 amide bonds. The molecule has 0 aliphatic carbocycles. The van der Waals surface area contributed by atoms with Crippen LogP contribution in [0.15, 0.2) is 18.7 Å². The fourth-order valence-corrected chi connectivity index (χ4v) is 1.60. The van der Waals surface area contributed by atoms with E-state index in [-0.39, 0.29) is 5.41 Å². The van der Waals surface area contributed by atoms with Crippen LogP contribution in [0.5, 0.6) is 0 Å². The smallest absolute Gasteiger partial charge is 0.241 e. The van der Waals surface area contributed by atoms with Crippen molar-refractivity contribution in [3.05, 3.63) is 18.7 Å². The van der Waals surface area contributed by atoms with E-state index in [2.05, 4.69) is 51.3 Å². The molecule has 108 valence electrons. The van der Waals surface area contributed by atoms with Gasteiger partial charge in [0.25, 0.3) is 0 Å². The molecule has 0 aromatic carbocycles. The molecule has 2 aromatic heterocycles. The zero-order valence-corrected chi connectivity index (χ0v) is 12.4. The zero-order valence-electron chi connectivity index (χ0n) is 12.4. The minimum Gasteiger partial charge on any atom is -0.357 e. The lowest BCUT2D eigenvalue weighted by atomic mass is 9.92. The van der Waals surface area contributed by atoms with Gasteiger partial charge in [-0.05, 0) is 11.8 Å². The molecular formula is C13H21N7. The fourth-order valence-electron chi connectivity index (χ4n) is 1.60. The SMILES string of the molecule is CNc1nc(NCCC(C)(C)C)nc(-n2ccnc2)n1. The van der Waals surface area contributed by atoms with E-state index in [1.165, 1.54) is 0 Å². The average Bonchev–Trinajstić information content (AvgIpc) is 2.90. The molecule has 0 saturated heterocycles. The Hall–Kier alpha value is -2.18. The Labute approximate surface area is 118 Å². The van der Waals surface area contributed by atoms with Crippen molar-refractivity contribution in [1.29, 1.82) is 0 Å². The van der Waals surface area contributed by atoms with Gasteiger partial charge in [0.05, 0.1) is 0 Å². The summed E-state index contributed by atoms with van der Waals surface area (Å²) in [5.74, 6) is 1.64. The number of nitrogens with one attached hydrogen (secondary N) is 2. The Morgan fingerprint density at radius 3 is 2.50 bits per heavy atom. The number of hydrogen-bond donors (Lipinski definition) is 2. The molecule has 0 atom stereocenters. The van der Waals surface area contributed by atoms with Crippen LogP contribution in [-0.2, 0) is 0 Å². The van der Waals surface area contributed by atoms with E-state index in [9.17, 15) is 0 Å². The first-order valence-corrected chi connectivity index (χ1v) is 6.64. The molecule has 0 aliphatic rings. The Bertz CT molecular complexity index is 542. The number of imidazole rings is 1. The number of rotatable bonds is 5. The molecule has 20 heavy (non-hydrogen) atoms. The Kier molecular flexibility index (Phi) is 4.16. The van der Waals surface area contributed by atoms with Crippen LogP contribution < -0.4 is 10.6 Å². The fraction of sp³-hybridized carbons (Fsp3) is 0.538. The number of anilines is 2. The molecular weight excluding hydrogens is 254 g/mol. The summed E-state index contributed by atoms with van der Waals surface area (Å²) in [6, 6.07) is 0. The van der Waals surface area contributed by atoms with Crippen molar-refractivity contribution in [3.8, 4) is 5.95 Å². The summed E-state index contributed by atoms with van der Waals surface area (Å²) in [6.07, 6.45) is 6.19. The molecule has 0 spiro atoms. The maximum Gasteiger partial charge on any atom is 0.241 e. The summed E-state index contributed by atoms with van der Waals surface area (Å²) in [5.41, 5.74) is 0.277. The van der Waals surface area contributed by atoms with Gasteiger partial charge in [-0.1, -0.05) is 20.8 Å². The van der Waals surface area contributed by atoms with Gasteiger partial charge < -0.3 is 10.6 Å². The first-order valence-electron chi connectivity index (χ1n) is 6.64. The summed E-state index contributed by atoms with van der Waals surface area (Å²) >= 11 is 0. The van der Waals surface area contributed by atoms with Crippen LogP contribution in [-0.4, -0.2) is 38.1 Å². The van der Waals surface area contributed by atoms with Crippen molar-refractivity contribution in [3.63, 3.8) is 0 Å². The van der Waals surface area contributed by atoms with Crippen LogP contribution in [0, 0.1) is 5.41 Å². The Balaban J connectivity index is 2.14. The first-order chi connectivity index (χ1) is 9.48. The molecule has 0 unspecified atom stereocenters. The largest absolute Gasteiger partial charge is 0.357 e. The van der Waals surface area contributed by atoms with E-state index >= 15 is 0 Å². The van der Waals surface area contributed by atoms with Crippen LogP contribution in [0.1, 0.15) is 27.2 Å². The van der Waals surface area contributed by atoms with Crippen LogP contribution in [0.3, 0.4) is 0 Å². The first kappa shape index (κ1) is 14.2. The highest BCUT2D eigenvalue weighted by atomic mass is 15.3. The highest BCUT2D eigenvalue weighted by molar-refractivity contribution is 5.37. The standard InChI is InChI=1S/C13H21N7/c1-13(2,3)5-6-16-11-17-10(14-4)18-12(19-11)20-8-7-15-9-20/h7-9H,5-6H2,1-4H3,(H2,14,16,17,18,19). The summed E-state index contributed by atoms with van der Waals surface area (Å²) in [6.45, 7) is 7.44. The second-order valence-corrected chi connectivity index (χ2v) is 5.74. The van der Waals surface area contributed by atoms with Gasteiger partial charge in [-0.15, -0.1) is 0 Å². The molecule has 0 bridgehead atoms. The molecule has 0 aliphatic heterocycles. The van der Waals surface area contributed by atoms with Crippen molar-refractivity contribution in [2.24, 2.45) is 5.41 Å². The van der Waals surface area contributed by atoms with Gasteiger partial charge in [-0.3, -0.25) is 4.57 Å². The summed E-state index contributed by atoms with van der Waals surface area (Å²) in [7, 11) is 1.78. The predicted octanol–water partition coefficient (Wildman–Crippen LogP) is 1.95. The van der Waals surface area contributed by atoms with E-state index in [4.69, 9.17) is 0 Å². The van der Waals surface area contributed by atoms with Crippen molar-refractivity contribution < 1.29 is 0 Å². The van der Waals surface area contributed by atoms with Gasteiger partial charge in [0, 0.05) is 26.0 Å². The van der Waals surface area contributed by atoms with Crippen molar-refractivity contribution in [2.45, 2.75) is 27.2 Å². The highest BCUT2D eigenvalue weighted by Crippen LogP contribution is 2.18. The third kappa shape index (κ3) is 3.91. The quantitative estimate of drug-likeness (QED) is 0.868. The minimum atomic E-state index is 0.277. The van der Waals surface area contributed by atoms with Gasteiger partial charge in [-0.2, -0.15) is 15.0 Å². The number of hydrogen-bond acceptors (Lipinski definition) is 6. The Morgan fingerprint density at radius 2 is 1.90 bits per heavy atom. The predicted molar refractivity (Wildman–Crippen MR) is 79.1 cm³/mol.